The molecule has 0 aromatic carbocycles. The van der Waals surface area contributed by atoms with Crippen LogP contribution < -0.4 is 32.3 Å². The van der Waals surface area contributed by atoms with E-state index in [-0.39, 0.29) is 49.5 Å². The van der Waals surface area contributed by atoms with Gasteiger partial charge in [0, 0.05) is 50.0 Å². The van der Waals surface area contributed by atoms with Crippen molar-refractivity contribution in [1.29, 1.82) is 0 Å². The fraction of sp³-hybridized carbons (Fsp3) is 0.927. The van der Waals surface area contributed by atoms with Gasteiger partial charge in [0.05, 0.1) is 165 Å². The van der Waals surface area contributed by atoms with Gasteiger partial charge in [-0.25, -0.2) is 0 Å². The normalized spacial score (nSPS) is 13.4. The Bertz CT molecular complexity index is 1480. The Hall–Kier alpha value is -3.32. The molecule has 0 heterocycles. The average Bonchev–Trinajstić information content (AvgIpc) is 3.44. The highest BCUT2D eigenvalue weighted by Crippen LogP contribution is 2.18. The van der Waals surface area contributed by atoms with Gasteiger partial charge in [0.2, 0.25) is 17.7 Å². The van der Waals surface area contributed by atoms with Crippen LogP contribution >= 0.6 is 0 Å². The Kier molecular flexibility index (Phi) is 53.6. The summed E-state index contributed by atoms with van der Waals surface area (Å²) in [4.78, 5) is 71.3. The standard InChI is InChI=1S/C55H108N8O18/c1-47(62-68)54(3,4)59-20-14-49(15-21-60-55(5,6)48(2)63-69)13-19-58-51(65)11-9-12-53(67)61-50(46-64)10-7-8-18-57-52(66)16-22-70-24-26-72-28-30-74-32-34-76-36-38-78-40-42-80-44-45-81-43-41-79-39-37-77-35-33-75-31-29-73-27-25-71-23-17-56/h46-50,59-60H,7-45,56H2,1-6H3,(H,57,66)(H,58,65)(H,61,67). The number of rotatable bonds is 64. The molecule has 0 aromatic rings. The predicted molar refractivity (Wildman–Crippen MR) is 307 cm³/mol. The maximum Gasteiger partial charge on any atom is 0.222 e. The molecule has 0 fully saturated rings. The summed E-state index contributed by atoms with van der Waals surface area (Å²) in [6.45, 7) is 25.1. The Morgan fingerprint density at radius 1 is 0.420 bits per heavy atom. The Morgan fingerprint density at radius 2 is 0.741 bits per heavy atom. The molecular weight excluding hydrogens is 1060 g/mol. The third kappa shape index (κ3) is 50.9. The second-order valence-corrected chi connectivity index (χ2v) is 20.3. The van der Waals surface area contributed by atoms with Gasteiger partial charge in [0.1, 0.15) is 18.4 Å². The number of carbonyl (C=O) groups is 4. The topological polar surface area (TPSA) is 324 Å². The molecule has 81 heavy (non-hydrogen) atoms. The van der Waals surface area contributed by atoms with Crippen LogP contribution in [-0.2, 0) is 76.0 Å². The highest BCUT2D eigenvalue weighted by atomic mass is 16.6. The number of amides is 3. The number of nitrogens with one attached hydrogen (secondary N) is 5. The van der Waals surface area contributed by atoms with E-state index in [2.05, 4.69) is 36.9 Å². The third-order valence-electron chi connectivity index (χ3n) is 13.0. The lowest BCUT2D eigenvalue weighted by atomic mass is 9.92. The maximum absolute atomic E-state index is 12.6. The lowest BCUT2D eigenvalue weighted by molar-refractivity contribution is -0.125. The Balaban J connectivity index is 3.72. The van der Waals surface area contributed by atoms with Gasteiger partial charge in [-0.2, -0.15) is 9.81 Å². The van der Waals surface area contributed by atoms with Crippen LogP contribution in [0.15, 0.2) is 10.4 Å². The van der Waals surface area contributed by atoms with Crippen LogP contribution in [0.3, 0.4) is 0 Å². The van der Waals surface area contributed by atoms with Crippen LogP contribution in [0.25, 0.3) is 0 Å². The van der Waals surface area contributed by atoms with Crippen molar-refractivity contribution in [3.63, 3.8) is 0 Å². The van der Waals surface area contributed by atoms with Gasteiger partial charge in [-0.1, -0.05) is 10.4 Å². The summed E-state index contributed by atoms with van der Waals surface area (Å²) >= 11 is 0. The zero-order valence-electron chi connectivity index (χ0n) is 50.3. The minimum atomic E-state index is -0.649. The molecule has 3 unspecified atom stereocenters. The number of unbranched alkanes of at least 4 members (excludes halogenated alkanes) is 1. The van der Waals surface area contributed by atoms with E-state index in [0.29, 0.717) is 217 Å². The largest absolute Gasteiger partial charge is 0.379 e. The van der Waals surface area contributed by atoms with E-state index in [9.17, 15) is 29.0 Å². The molecule has 0 aromatic heterocycles. The van der Waals surface area contributed by atoms with Crippen molar-refractivity contribution in [2.24, 2.45) is 22.0 Å². The first kappa shape index (κ1) is 77.7. The van der Waals surface area contributed by atoms with E-state index < -0.39 is 29.2 Å². The predicted octanol–water partition coefficient (Wildman–Crippen LogP) is 2.62. The quantitative estimate of drug-likeness (QED) is 0.0290. The molecule has 0 aliphatic carbocycles. The summed E-state index contributed by atoms with van der Waals surface area (Å²) in [6, 6.07) is -1.45. The molecule has 3 atom stereocenters. The second kappa shape index (κ2) is 55.8. The maximum atomic E-state index is 12.6. The second-order valence-electron chi connectivity index (χ2n) is 20.3. The number of hydrogen-bond donors (Lipinski definition) is 6. The van der Waals surface area contributed by atoms with Gasteiger partial charge in [-0.05, 0) is 105 Å². The smallest absolute Gasteiger partial charge is 0.222 e. The number of hydrogen-bond acceptors (Lipinski definition) is 23. The lowest BCUT2D eigenvalue weighted by Crippen LogP contribution is -2.48. The molecule has 0 radical (unpaired) electrons. The highest BCUT2D eigenvalue weighted by Gasteiger charge is 2.28. The number of nitroso groups, excluding NO2 is 2. The summed E-state index contributed by atoms with van der Waals surface area (Å²) in [6.07, 6.45) is 5.58. The fourth-order valence-electron chi connectivity index (χ4n) is 7.13. The van der Waals surface area contributed by atoms with Crippen LogP contribution in [0.2, 0.25) is 0 Å². The van der Waals surface area contributed by atoms with Crippen molar-refractivity contribution in [2.75, 3.05) is 191 Å². The van der Waals surface area contributed by atoms with Crippen molar-refractivity contribution in [1.82, 2.24) is 26.6 Å². The molecule has 476 valence electrons. The molecule has 0 aliphatic rings. The molecule has 0 spiro atoms. The minimum absolute atomic E-state index is 0.110. The molecule has 0 saturated carbocycles. The summed E-state index contributed by atoms with van der Waals surface area (Å²) in [5.74, 6) is -0.352. The highest BCUT2D eigenvalue weighted by molar-refractivity contribution is 5.81. The first-order valence-corrected chi connectivity index (χ1v) is 29.3. The zero-order chi connectivity index (χ0) is 59.8. The Labute approximate surface area is 483 Å². The zero-order valence-corrected chi connectivity index (χ0v) is 50.3. The van der Waals surface area contributed by atoms with E-state index in [1.54, 1.807) is 13.8 Å². The van der Waals surface area contributed by atoms with E-state index in [1.165, 1.54) is 0 Å². The number of nitrogens with zero attached hydrogens (tertiary/aromatic N) is 2. The van der Waals surface area contributed by atoms with Crippen molar-refractivity contribution >= 4 is 24.0 Å². The number of nitrogens with two attached hydrogens (primary N) is 1. The minimum Gasteiger partial charge on any atom is -0.379 e. The van der Waals surface area contributed by atoms with Crippen molar-refractivity contribution in [2.45, 2.75) is 135 Å². The van der Waals surface area contributed by atoms with Crippen molar-refractivity contribution in [3.8, 4) is 0 Å². The number of carbonyl (C=O) groups excluding carboxylic acids is 4. The number of aldehydes is 1. The summed E-state index contributed by atoms with van der Waals surface area (Å²) in [7, 11) is 0. The summed E-state index contributed by atoms with van der Waals surface area (Å²) < 4.78 is 65.5. The molecule has 26 heteroatoms. The first-order chi connectivity index (χ1) is 39.2. The van der Waals surface area contributed by atoms with E-state index in [1.807, 2.05) is 27.7 Å². The summed E-state index contributed by atoms with van der Waals surface area (Å²) in [5, 5.41) is 21.7. The van der Waals surface area contributed by atoms with E-state index in [0.717, 1.165) is 19.3 Å². The van der Waals surface area contributed by atoms with Gasteiger partial charge < -0.3 is 94.0 Å². The Morgan fingerprint density at radius 3 is 1.10 bits per heavy atom. The van der Waals surface area contributed by atoms with Gasteiger partial charge in [0.25, 0.3) is 0 Å². The molecule has 3 amide bonds. The van der Waals surface area contributed by atoms with Crippen LogP contribution in [-0.4, -0.2) is 245 Å². The molecule has 0 saturated heterocycles. The molecular formula is C55H108N8O18. The molecule has 7 N–H and O–H groups in total. The number of ether oxygens (including phenoxy) is 12. The third-order valence-corrected chi connectivity index (χ3v) is 13.0. The average molecular weight is 1170 g/mol. The molecule has 0 rings (SSSR count). The van der Waals surface area contributed by atoms with Gasteiger partial charge in [-0.15, -0.1) is 0 Å². The van der Waals surface area contributed by atoms with Crippen LogP contribution in [0.4, 0.5) is 0 Å². The van der Waals surface area contributed by atoms with E-state index >= 15 is 0 Å². The van der Waals surface area contributed by atoms with E-state index in [4.69, 9.17) is 62.6 Å². The molecule has 26 nitrogen and oxygen atoms in total. The van der Waals surface area contributed by atoms with Crippen LogP contribution in [0.1, 0.15) is 106 Å². The van der Waals surface area contributed by atoms with Gasteiger partial charge >= 0.3 is 0 Å². The molecule has 0 aliphatic heterocycles. The van der Waals surface area contributed by atoms with Crippen molar-refractivity contribution in [3.05, 3.63) is 9.81 Å². The van der Waals surface area contributed by atoms with Crippen LogP contribution in [0, 0.1) is 15.7 Å². The van der Waals surface area contributed by atoms with Gasteiger partial charge in [-0.3, -0.25) is 14.4 Å². The van der Waals surface area contributed by atoms with Crippen molar-refractivity contribution < 1.29 is 76.0 Å². The van der Waals surface area contributed by atoms with Crippen LogP contribution in [0.5, 0.6) is 0 Å². The summed E-state index contributed by atoms with van der Waals surface area (Å²) in [5.41, 5.74) is 4.43. The first-order valence-electron chi connectivity index (χ1n) is 29.3. The monoisotopic (exact) mass is 1170 g/mol. The SMILES string of the molecule is CC(N=O)C(C)(C)NCCC(CCNC(=O)CCCC(=O)NC(C=O)CCCCNC(=O)CCOCCOCCOCCOCCOCCOCCOCCOCCOCCOCCOCCOCCN)CCNC(C)(C)C(C)N=O. The fourth-order valence-corrected chi connectivity index (χ4v) is 7.13. The van der Waals surface area contributed by atoms with Gasteiger partial charge in [0.15, 0.2) is 0 Å². The molecule has 0 bridgehead atoms. The lowest BCUT2D eigenvalue weighted by Gasteiger charge is -2.31.